The van der Waals surface area contributed by atoms with Gasteiger partial charge >= 0.3 is 0 Å². The third-order valence-electron chi connectivity index (χ3n) is 25.2. The molecule has 0 unspecified atom stereocenters. The molecule has 0 spiro atoms. The zero-order valence-electron chi connectivity index (χ0n) is 73.6. The van der Waals surface area contributed by atoms with Gasteiger partial charge in [-0.15, -0.1) is 0 Å². The molecule has 0 aromatic heterocycles. The van der Waals surface area contributed by atoms with E-state index in [0.717, 1.165) is 62.9 Å². The molecule has 12 aromatic carbocycles. The Bertz CT molecular complexity index is 6290. The van der Waals surface area contributed by atoms with Gasteiger partial charge in [-0.25, -0.2) is 17.6 Å². The van der Waals surface area contributed by atoms with Crippen molar-refractivity contribution in [2.75, 3.05) is 47.4 Å². The van der Waals surface area contributed by atoms with Crippen molar-refractivity contribution in [1.29, 1.82) is 0 Å². The number of carbonyl (C=O) groups excluding carboxylic acids is 8. The summed E-state index contributed by atoms with van der Waals surface area (Å²) in [5.41, 5.74) is 7.02. The van der Waals surface area contributed by atoms with Gasteiger partial charge in [0.25, 0.3) is 0 Å². The lowest BCUT2D eigenvalue weighted by Gasteiger charge is -2.34. The van der Waals surface area contributed by atoms with Crippen molar-refractivity contribution < 1.29 is 55.9 Å². The van der Waals surface area contributed by atoms with Crippen molar-refractivity contribution in [3.8, 4) is 0 Å². The van der Waals surface area contributed by atoms with E-state index in [-0.39, 0.29) is 71.0 Å². The quantitative estimate of drug-likeness (QED) is 0.0330. The molecule has 4 aliphatic rings. The molecule has 12 aromatic rings. The zero-order valence-corrected chi connectivity index (χ0v) is 78.1. The van der Waals surface area contributed by atoms with Crippen LogP contribution in [0.5, 0.6) is 0 Å². The molecule has 0 aliphatic carbocycles. The van der Waals surface area contributed by atoms with E-state index in [0.29, 0.717) is 143 Å². The van der Waals surface area contributed by atoms with Crippen LogP contribution in [0.4, 0.5) is 40.3 Å². The highest BCUT2D eigenvalue weighted by atomic mass is 35.5. The molecule has 16 rings (SSSR count). The van der Waals surface area contributed by atoms with E-state index < -0.39 is 45.4 Å². The first-order chi connectivity index (χ1) is 63.1. The van der Waals surface area contributed by atoms with Crippen LogP contribution in [0, 0.1) is 37.1 Å². The van der Waals surface area contributed by atoms with E-state index in [1.807, 2.05) is 66.1 Å². The lowest BCUT2D eigenvalue weighted by atomic mass is 9.95. The molecule has 0 bridgehead atoms. The standard InChI is InChI=1S/C28H29ClN2O2.C26H23Cl3N2O2.2C26H23ClF2N2O2/c1-19-10-11-21(16-20(19)2)18-31-15-7-14-28(31,3)27(33)30-25-13-12-23(29)17-24(25)26(32)22-8-5-4-6-9-22;1-26(12-5-13-31(26)16-18-8-9-20(28)15-22(18)29)25(33)30-23-11-10-19(27)14-21(23)24(32)17-6-3-2-4-7-17;1-26(13-6-14-31(26)16-18-9-5-10-21(28)23(18)29)25(33)30-22-12-11-19(27)15-20(22)24(32)17-7-3-2-4-8-17;1-26(10-5-11-31(26)16-17-12-20(28)15-21(29)13-17)25(33)30-23-9-8-19(27)14-22(23)24(32)18-6-3-2-4-7-18/h4-6,8-13,16-17H,7,14-15,18H2,1-3H3,(H,30,33);2-4,6-11,14-15H,5,12-13,16H2,1H3,(H,30,33);2-5,7-12,15H,6,13-14,16H2,1H3,(H,30,33);2-4,6-9,12-15H,5,10-11,16H2,1H3,(H,30,33)/t28-;3*26-/m1111/s1. The van der Waals surface area contributed by atoms with Crippen molar-refractivity contribution in [2.45, 2.75) is 141 Å². The number of aryl methyl sites for hydroxylation is 2. The first kappa shape index (κ1) is 98.0. The average Bonchev–Trinajstić information content (AvgIpc) is 1.63. The topological polar surface area (TPSA) is 198 Å². The largest absolute Gasteiger partial charge is 0.324 e. The number of carbonyl (C=O) groups is 8. The van der Waals surface area contributed by atoms with E-state index in [4.69, 9.17) is 69.6 Å². The van der Waals surface area contributed by atoms with Crippen LogP contribution in [0.1, 0.15) is 176 Å². The number of nitrogens with one attached hydrogen (secondary N) is 4. The number of likely N-dealkylation sites (tertiary alicyclic amines) is 4. The number of rotatable bonds is 24. The molecule has 4 amide bonds. The minimum Gasteiger partial charge on any atom is -0.324 e. The first-order valence-electron chi connectivity index (χ1n) is 43.3. The predicted octanol–water partition coefficient (Wildman–Crippen LogP) is 24.7. The Hall–Kier alpha value is -11.5. The highest BCUT2D eigenvalue weighted by molar-refractivity contribution is 6.35. The molecular weight excluding hydrogens is 1800 g/mol. The fourth-order valence-corrected chi connectivity index (χ4v) is 18.3. The van der Waals surface area contributed by atoms with Crippen molar-refractivity contribution in [3.05, 3.63) is 398 Å². The van der Waals surface area contributed by atoms with Crippen LogP contribution in [0.3, 0.4) is 0 Å². The number of amides is 4. The summed E-state index contributed by atoms with van der Waals surface area (Å²) in [5, 5.41) is 14.6. The van der Waals surface area contributed by atoms with Crippen LogP contribution in [0.2, 0.25) is 30.1 Å². The van der Waals surface area contributed by atoms with Gasteiger partial charge in [0.15, 0.2) is 34.8 Å². The molecule has 0 saturated carbocycles. The number of anilines is 4. The van der Waals surface area contributed by atoms with Gasteiger partial charge in [0.2, 0.25) is 23.6 Å². The summed E-state index contributed by atoms with van der Waals surface area (Å²) in [6, 6.07) is 74.2. The van der Waals surface area contributed by atoms with E-state index in [9.17, 15) is 55.9 Å². The Labute approximate surface area is 795 Å². The van der Waals surface area contributed by atoms with Crippen LogP contribution >= 0.6 is 69.6 Å². The fraction of sp³-hybridized carbons (Fsp3) is 0.245. The molecule has 4 heterocycles. The Morgan fingerprint density at radius 1 is 0.303 bits per heavy atom. The molecule has 4 aliphatic heterocycles. The third-order valence-corrected chi connectivity index (χ3v) is 26.7. The SMILES string of the molecule is C[C@]1(C(=O)Nc2ccc(Cl)cc2C(=O)c2ccccc2)CCCN1Cc1cc(F)cc(F)c1.C[C@]1(C(=O)Nc2ccc(Cl)cc2C(=O)c2ccccc2)CCCN1Cc1ccc(Cl)cc1Cl.C[C@]1(C(=O)Nc2ccc(Cl)cc2C(=O)c2ccccc2)CCCN1Cc1cccc(F)c1F.Cc1ccc(CN2CCC[C@]2(C)C(=O)Nc2ccc(Cl)cc2C(=O)c2ccccc2)cc1C. The second-order valence-electron chi connectivity index (χ2n) is 34.2. The maximum atomic E-state index is 14.2. The molecule has 0 radical (unpaired) electrons. The molecule has 132 heavy (non-hydrogen) atoms. The van der Waals surface area contributed by atoms with Gasteiger partial charge in [-0.1, -0.05) is 227 Å². The summed E-state index contributed by atoms with van der Waals surface area (Å²) in [6.45, 7) is 16.1. The van der Waals surface area contributed by atoms with Gasteiger partial charge in [-0.05, 0) is 250 Å². The molecule has 4 saturated heterocycles. The maximum Gasteiger partial charge on any atom is 0.244 e. The lowest BCUT2D eigenvalue weighted by molar-refractivity contribution is -0.126. The highest BCUT2D eigenvalue weighted by Gasteiger charge is 2.48. The molecule has 4 atom stereocenters. The smallest absolute Gasteiger partial charge is 0.244 e. The van der Waals surface area contributed by atoms with Crippen LogP contribution in [0.25, 0.3) is 0 Å². The maximum absolute atomic E-state index is 14.2. The zero-order chi connectivity index (χ0) is 94.3. The van der Waals surface area contributed by atoms with Crippen molar-refractivity contribution in [1.82, 2.24) is 19.6 Å². The molecular formula is C106H98Cl6F4N8O8. The first-order valence-corrected chi connectivity index (χ1v) is 45.6. The molecule has 26 heteroatoms. The average molecular weight is 1900 g/mol. The number of halogens is 10. The van der Waals surface area contributed by atoms with Crippen LogP contribution in [-0.4, -0.2) is 115 Å². The predicted molar refractivity (Wildman–Crippen MR) is 517 cm³/mol. The highest BCUT2D eigenvalue weighted by Crippen LogP contribution is 2.41. The van der Waals surface area contributed by atoms with Crippen LogP contribution in [-0.2, 0) is 45.4 Å². The monoisotopic (exact) mass is 1900 g/mol. The number of nitrogens with zero attached hydrogens (tertiary/aromatic N) is 4. The number of ketones is 4. The normalized spacial score (nSPS) is 18.3. The minimum atomic E-state index is -0.953. The van der Waals surface area contributed by atoms with Crippen molar-refractivity contribution in [3.63, 3.8) is 0 Å². The molecule has 4 fully saturated rings. The summed E-state index contributed by atoms with van der Waals surface area (Å²) >= 11 is 37.1. The Kier molecular flexibility index (Phi) is 32.3. The van der Waals surface area contributed by atoms with E-state index in [1.54, 1.807) is 172 Å². The van der Waals surface area contributed by atoms with E-state index in [2.05, 4.69) is 63.1 Å². The van der Waals surface area contributed by atoms with Crippen molar-refractivity contribution in [2.24, 2.45) is 0 Å². The molecule has 4 N–H and O–H groups in total. The number of benzene rings is 12. The Morgan fingerprint density at radius 3 is 0.932 bits per heavy atom. The van der Waals surface area contributed by atoms with Gasteiger partial charge in [0.1, 0.15) is 11.6 Å². The van der Waals surface area contributed by atoms with E-state index >= 15 is 0 Å². The minimum absolute atomic E-state index is 0.101. The Morgan fingerprint density at radius 2 is 0.606 bits per heavy atom. The third kappa shape index (κ3) is 23.4. The van der Waals surface area contributed by atoms with Gasteiger partial charge in [0, 0.05) is 112 Å². The van der Waals surface area contributed by atoms with Gasteiger partial charge in [0.05, 0.1) is 44.9 Å². The van der Waals surface area contributed by atoms with Crippen LogP contribution in [0.15, 0.2) is 267 Å². The second kappa shape index (κ2) is 43.5. The summed E-state index contributed by atoms with van der Waals surface area (Å²) in [6.07, 6.45) is 5.91. The summed E-state index contributed by atoms with van der Waals surface area (Å²) < 4.78 is 55.2. The molecule has 16 nitrogen and oxygen atoms in total. The Balaban J connectivity index is 0.000000150. The molecule has 680 valence electrons. The van der Waals surface area contributed by atoms with Gasteiger partial charge in [-0.2, -0.15) is 0 Å². The van der Waals surface area contributed by atoms with Gasteiger partial charge in [-0.3, -0.25) is 58.0 Å². The van der Waals surface area contributed by atoms with Crippen LogP contribution < -0.4 is 21.3 Å². The number of hydrogen-bond donors (Lipinski definition) is 4. The lowest BCUT2D eigenvalue weighted by Crippen LogP contribution is -2.50. The van der Waals surface area contributed by atoms with Crippen molar-refractivity contribution >= 4 is 139 Å². The van der Waals surface area contributed by atoms with E-state index in [1.165, 1.54) is 53.1 Å². The fourth-order valence-electron chi connectivity index (χ4n) is 17.2. The summed E-state index contributed by atoms with van der Waals surface area (Å²) in [4.78, 5) is 114. The summed E-state index contributed by atoms with van der Waals surface area (Å²) in [5.74, 6) is -4.89. The second-order valence-corrected chi connectivity index (χ2v) is 36.8. The van der Waals surface area contributed by atoms with Gasteiger partial charge < -0.3 is 21.3 Å². The number of hydrogen-bond acceptors (Lipinski definition) is 12. The summed E-state index contributed by atoms with van der Waals surface area (Å²) in [7, 11) is 0.